The molecule has 0 heterocycles. The predicted octanol–water partition coefficient (Wildman–Crippen LogP) is 4.58. The lowest BCUT2D eigenvalue weighted by Gasteiger charge is -2.00. The summed E-state index contributed by atoms with van der Waals surface area (Å²) in [6, 6.07) is 26.3. The molecule has 0 aliphatic carbocycles. The molecule has 1 nitrogen and oxygen atoms in total. The highest BCUT2D eigenvalue weighted by molar-refractivity contribution is 5.81. The summed E-state index contributed by atoms with van der Waals surface area (Å²) >= 11 is 0. The Hall–Kier alpha value is -2.12. The Morgan fingerprint density at radius 3 is 1.32 bits per heavy atom. The highest BCUT2D eigenvalue weighted by atomic mass is 16.3. The number of aliphatic hydroxyl groups is 1. The van der Waals surface area contributed by atoms with Gasteiger partial charge in [-0.3, -0.25) is 0 Å². The number of benzene rings is 3. The van der Waals surface area contributed by atoms with Crippen molar-refractivity contribution in [1.29, 1.82) is 0 Å². The summed E-state index contributed by atoms with van der Waals surface area (Å²) in [5, 5.41) is 11.6. The van der Waals surface area contributed by atoms with E-state index in [4.69, 9.17) is 5.11 Å². The molecule has 0 amide bonds. The van der Waals surface area contributed by atoms with Gasteiger partial charge < -0.3 is 5.11 Å². The molecule has 1 heteroatoms. The van der Waals surface area contributed by atoms with Crippen LogP contribution in [0.1, 0.15) is 18.6 Å². The summed E-state index contributed by atoms with van der Waals surface area (Å²) in [6.45, 7) is 1.76. The van der Waals surface area contributed by atoms with Gasteiger partial charge in [-0.25, -0.2) is 0 Å². The molecule has 1 N–H and O–H groups in total. The molecular formula is C18H18O. The van der Waals surface area contributed by atoms with Gasteiger partial charge in [0.2, 0.25) is 0 Å². The van der Waals surface area contributed by atoms with E-state index < -0.39 is 0 Å². The van der Waals surface area contributed by atoms with E-state index in [1.54, 1.807) is 6.92 Å². The maximum Gasteiger partial charge on any atom is 0.0761 e. The minimum Gasteiger partial charge on any atom is -0.389 e. The van der Waals surface area contributed by atoms with Crippen molar-refractivity contribution in [3.63, 3.8) is 0 Å². The molecule has 1 unspecified atom stereocenters. The van der Waals surface area contributed by atoms with Gasteiger partial charge in [-0.2, -0.15) is 0 Å². The first-order chi connectivity index (χ1) is 9.27. The van der Waals surface area contributed by atoms with Gasteiger partial charge in [0.1, 0.15) is 0 Å². The molecule has 96 valence electrons. The summed E-state index contributed by atoms with van der Waals surface area (Å²) in [7, 11) is 0. The summed E-state index contributed by atoms with van der Waals surface area (Å²) in [5.41, 5.74) is 0.970. The molecule has 0 fully saturated rings. The maximum absolute atomic E-state index is 9.02. The second-order valence-electron chi connectivity index (χ2n) is 4.43. The van der Waals surface area contributed by atoms with Gasteiger partial charge in [0.15, 0.2) is 0 Å². The molecule has 0 aliphatic heterocycles. The number of hydrogen-bond donors (Lipinski definition) is 1. The zero-order valence-corrected chi connectivity index (χ0v) is 11.0. The normalized spacial score (nSPS) is 11.5. The van der Waals surface area contributed by atoms with Gasteiger partial charge in [0.05, 0.1) is 6.10 Å². The van der Waals surface area contributed by atoms with Crippen LogP contribution in [0, 0.1) is 0 Å². The lowest BCUT2D eigenvalue weighted by atomic mass is 10.1. The molecule has 0 spiro atoms. The van der Waals surface area contributed by atoms with E-state index >= 15 is 0 Å². The Morgan fingerprint density at radius 2 is 1.00 bits per heavy atom. The Labute approximate surface area is 114 Å². The molecule has 3 aromatic carbocycles. The zero-order chi connectivity index (χ0) is 13.5. The molecule has 0 radical (unpaired) electrons. The lowest BCUT2D eigenvalue weighted by Crippen LogP contribution is -1.87. The third-order valence-corrected chi connectivity index (χ3v) is 2.94. The Balaban J connectivity index is 0.000000141. The van der Waals surface area contributed by atoms with Crippen LogP contribution in [0.4, 0.5) is 0 Å². The third-order valence-electron chi connectivity index (χ3n) is 2.94. The molecule has 3 rings (SSSR count). The van der Waals surface area contributed by atoms with E-state index in [0.717, 1.165) is 5.56 Å². The molecule has 0 bridgehead atoms. The minimum atomic E-state index is -0.341. The van der Waals surface area contributed by atoms with E-state index in [2.05, 4.69) is 48.5 Å². The van der Waals surface area contributed by atoms with E-state index in [9.17, 15) is 0 Å². The maximum atomic E-state index is 9.02. The second kappa shape index (κ2) is 6.72. The molecule has 0 saturated heterocycles. The Bertz CT molecular complexity index is 549. The van der Waals surface area contributed by atoms with Crippen molar-refractivity contribution in [2.24, 2.45) is 0 Å². The summed E-state index contributed by atoms with van der Waals surface area (Å²) in [6.07, 6.45) is -0.341. The molecule has 19 heavy (non-hydrogen) atoms. The highest BCUT2D eigenvalue weighted by Gasteiger charge is 1.95. The first kappa shape index (κ1) is 13.3. The zero-order valence-electron chi connectivity index (χ0n) is 11.0. The smallest absolute Gasteiger partial charge is 0.0761 e. The average Bonchev–Trinajstić information content (AvgIpc) is 2.49. The summed E-state index contributed by atoms with van der Waals surface area (Å²) < 4.78 is 0. The van der Waals surface area contributed by atoms with Crippen LogP contribution >= 0.6 is 0 Å². The fourth-order valence-corrected chi connectivity index (χ4v) is 1.86. The van der Waals surface area contributed by atoms with Crippen LogP contribution in [-0.2, 0) is 0 Å². The number of rotatable bonds is 1. The van der Waals surface area contributed by atoms with Crippen molar-refractivity contribution in [3.05, 3.63) is 84.4 Å². The topological polar surface area (TPSA) is 20.2 Å². The van der Waals surface area contributed by atoms with Crippen LogP contribution in [0.25, 0.3) is 10.8 Å². The van der Waals surface area contributed by atoms with E-state index in [1.807, 2.05) is 30.3 Å². The van der Waals surface area contributed by atoms with E-state index in [1.165, 1.54) is 10.8 Å². The van der Waals surface area contributed by atoms with Crippen LogP contribution in [0.5, 0.6) is 0 Å². The SMILES string of the molecule is CC(O)c1ccccc1.c1ccc2ccccc2c1. The quantitative estimate of drug-likeness (QED) is 0.670. The van der Waals surface area contributed by atoms with Crippen LogP contribution in [0.2, 0.25) is 0 Å². The first-order valence-electron chi connectivity index (χ1n) is 6.44. The second-order valence-corrected chi connectivity index (χ2v) is 4.43. The Morgan fingerprint density at radius 1 is 0.632 bits per heavy atom. The van der Waals surface area contributed by atoms with Crippen molar-refractivity contribution >= 4 is 10.8 Å². The summed E-state index contributed by atoms with van der Waals surface area (Å²) in [4.78, 5) is 0. The van der Waals surface area contributed by atoms with Gasteiger partial charge in [-0.1, -0.05) is 78.9 Å². The Kier molecular flexibility index (Phi) is 4.71. The molecule has 0 saturated carbocycles. The minimum absolute atomic E-state index is 0.341. The van der Waals surface area contributed by atoms with Gasteiger partial charge in [-0.05, 0) is 23.3 Å². The number of hydrogen-bond acceptors (Lipinski definition) is 1. The standard InChI is InChI=1S/C10H8.C8H10O/c1-2-6-10-8-4-3-7-9(10)5-1;1-7(9)8-5-3-2-4-6-8/h1-8H;2-7,9H,1H3. The molecule has 1 atom stereocenters. The van der Waals surface area contributed by atoms with Crippen LogP contribution in [-0.4, -0.2) is 5.11 Å². The van der Waals surface area contributed by atoms with Gasteiger partial charge >= 0.3 is 0 Å². The third kappa shape index (κ3) is 3.94. The van der Waals surface area contributed by atoms with Crippen molar-refractivity contribution in [3.8, 4) is 0 Å². The molecule has 3 aromatic rings. The molecular weight excluding hydrogens is 232 g/mol. The van der Waals surface area contributed by atoms with Gasteiger partial charge in [0, 0.05) is 0 Å². The predicted molar refractivity (Wildman–Crippen MR) is 81.0 cm³/mol. The summed E-state index contributed by atoms with van der Waals surface area (Å²) in [5.74, 6) is 0. The number of fused-ring (bicyclic) bond motifs is 1. The monoisotopic (exact) mass is 250 g/mol. The number of aliphatic hydroxyl groups excluding tert-OH is 1. The average molecular weight is 250 g/mol. The highest BCUT2D eigenvalue weighted by Crippen LogP contribution is 2.11. The van der Waals surface area contributed by atoms with Crippen LogP contribution < -0.4 is 0 Å². The van der Waals surface area contributed by atoms with Crippen molar-refractivity contribution in [2.45, 2.75) is 13.0 Å². The van der Waals surface area contributed by atoms with E-state index in [-0.39, 0.29) is 6.10 Å². The van der Waals surface area contributed by atoms with Crippen molar-refractivity contribution < 1.29 is 5.11 Å². The molecule has 0 aromatic heterocycles. The lowest BCUT2D eigenvalue weighted by molar-refractivity contribution is 0.199. The van der Waals surface area contributed by atoms with Crippen molar-refractivity contribution in [2.75, 3.05) is 0 Å². The fourth-order valence-electron chi connectivity index (χ4n) is 1.86. The fraction of sp³-hybridized carbons (Fsp3) is 0.111. The first-order valence-corrected chi connectivity index (χ1v) is 6.44. The van der Waals surface area contributed by atoms with Gasteiger partial charge in [-0.15, -0.1) is 0 Å². The van der Waals surface area contributed by atoms with Crippen LogP contribution in [0.3, 0.4) is 0 Å². The van der Waals surface area contributed by atoms with E-state index in [0.29, 0.717) is 0 Å². The van der Waals surface area contributed by atoms with Crippen LogP contribution in [0.15, 0.2) is 78.9 Å². The largest absolute Gasteiger partial charge is 0.389 e. The van der Waals surface area contributed by atoms with Crippen molar-refractivity contribution in [1.82, 2.24) is 0 Å². The molecule has 0 aliphatic rings. The van der Waals surface area contributed by atoms with Gasteiger partial charge in [0.25, 0.3) is 0 Å².